The van der Waals surface area contributed by atoms with Gasteiger partial charge in [-0.05, 0) is 44.9 Å². The minimum atomic E-state index is -0.675. The molecule has 1 saturated carbocycles. The van der Waals surface area contributed by atoms with Gasteiger partial charge in [-0.1, -0.05) is 31.9 Å². The molecular formula is C20H26N2O4. The SMILES string of the molecule is C=C(C#N)C(=O)OCCCCCC/C=C(/C#N)C(=O)OC1CCCCC1. The summed E-state index contributed by atoms with van der Waals surface area (Å²) < 4.78 is 10.3. The molecule has 1 fully saturated rings. The van der Waals surface area contributed by atoms with Crippen LogP contribution in [0.3, 0.4) is 0 Å². The van der Waals surface area contributed by atoms with E-state index in [1.807, 2.05) is 6.07 Å². The maximum absolute atomic E-state index is 12.0. The Bertz CT molecular complexity index is 604. The minimum Gasteiger partial charge on any atom is -0.462 e. The van der Waals surface area contributed by atoms with E-state index in [4.69, 9.17) is 20.0 Å². The number of unbranched alkanes of at least 4 members (excludes halogenated alkanes) is 4. The van der Waals surface area contributed by atoms with Gasteiger partial charge in [0.1, 0.15) is 29.4 Å². The van der Waals surface area contributed by atoms with Gasteiger partial charge in [0.2, 0.25) is 0 Å². The fraction of sp³-hybridized carbons (Fsp3) is 0.600. The second-order valence-electron chi connectivity index (χ2n) is 6.32. The molecule has 0 spiro atoms. The first-order valence-corrected chi connectivity index (χ1v) is 9.16. The van der Waals surface area contributed by atoms with Gasteiger partial charge in [-0.3, -0.25) is 0 Å². The van der Waals surface area contributed by atoms with Crippen LogP contribution in [0.2, 0.25) is 0 Å². The summed E-state index contributed by atoms with van der Waals surface area (Å²) in [5.74, 6) is -1.19. The predicted octanol–water partition coefficient (Wildman–Crippen LogP) is 3.89. The van der Waals surface area contributed by atoms with Crippen LogP contribution in [0, 0.1) is 22.7 Å². The number of ether oxygens (including phenoxy) is 2. The molecule has 0 N–H and O–H groups in total. The molecule has 0 aromatic rings. The lowest BCUT2D eigenvalue weighted by Crippen LogP contribution is -2.21. The van der Waals surface area contributed by atoms with E-state index in [9.17, 15) is 9.59 Å². The summed E-state index contributed by atoms with van der Waals surface area (Å²) in [6, 6.07) is 3.57. The standard InChI is InChI=1S/C20H26N2O4/c1-16(14-21)19(23)25-13-9-4-2-3-6-10-17(15-22)20(24)26-18-11-7-5-8-12-18/h10,18H,1-9,11-13H2/b17-10-. The van der Waals surface area contributed by atoms with Crippen molar-refractivity contribution in [2.24, 2.45) is 0 Å². The molecule has 0 amide bonds. The van der Waals surface area contributed by atoms with E-state index in [0.29, 0.717) is 12.8 Å². The molecule has 6 heteroatoms. The van der Waals surface area contributed by atoms with Crippen LogP contribution in [0.4, 0.5) is 0 Å². The second kappa shape index (κ2) is 12.7. The van der Waals surface area contributed by atoms with Crippen LogP contribution in [-0.2, 0) is 19.1 Å². The number of esters is 2. The zero-order valence-electron chi connectivity index (χ0n) is 15.2. The number of nitrogens with zero attached hydrogens (tertiary/aromatic N) is 2. The van der Waals surface area contributed by atoms with Crippen LogP contribution in [0.25, 0.3) is 0 Å². The molecule has 1 rings (SSSR count). The van der Waals surface area contributed by atoms with Crippen LogP contribution in [-0.4, -0.2) is 24.6 Å². The van der Waals surface area contributed by atoms with Gasteiger partial charge in [-0.25, -0.2) is 9.59 Å². The third-order valence-corrected chi connectivity index (χ3v) is 4.23. The minimum absolute atomic E-state index is 0.0483. The summed E-state index contributed by atoms with van der Waals surface area (Å²) in [6.45, 7) is 3.54. The molecule has 0 bridgehead atoms. The van der Waals surface area contributed by atoms with Crippen molar-refractivity contribution in [3.8, 4) is 12.1 Å². The number of hydrogen-bond acceptors (Lipinski definition) is 6. The van der Waals surface area contributed by atoms with Gasteiger partial charge in [-0.2, -0.15) is 10.5 Å². The van der Waals surface area contributed by atoms with Gasteiger partial charge in [0.05, 0.1) is 6.61 Å². The van der Waals surface area contributed by atoms with Gasteiger partial charge in [-0.15, -0.1) is 0 Å². The van der Waals surface area contributed by atoms with E-state index in [1.54, 1.807) is 12.1 Å². The van der Waals surface area contributed by atoms with Crippen molar-refractivity contribution in [1.82, 2.24) is 0 Å². The normalized spacial score (nSPS) is 14.8. The van der Waals surface area contributed by atoms with Gasteiger partial charge in [0.15, 0.2) is 0 Å². The van der Waals surface area contributed by atoms with Crippen LogP contribution < -0.4 is 0 Å². The maximum atomic E-state index is 12.0. The van der Waals surface area contributed by atoms with E-state index in [1.165, 1.54) is 6.42 Å². The van der Waals surface area contributed by atoms with Crippen molar-refractivity contribution < 1.29 is 19.1 Å². The zero-order valence-corrected chi connectivity index (χ0v) is 15.2. The summed E-state index contributed by atoms with van der Waals surface area (Å²) >= 11 is 0. The Balaban J connectivity index is 2.16. The first kappa shape index (κ1) is 21.4. The van der Waals surface area contributed by atoms with Crippen molar-refractivity contribution >= 4 is 11.9 Å². The van der Waals surface area contributed by atoms with Gasteiger partial charge in [0.25, 0.3) is 0 Å². The first-order chi connectivity index (χ1) is 12.6. The summed E-state index contributed by atoms with van der Waals surface area (Å²) in [5, 5.41) is 17.6. The van der Waals surface area contributed by atoms with Gasteiger partial charge >= 0.3 is 11.9 Å². The number of carbonyl (C=O) groups is 2. The molecule has 0 atom stereocenters. The fourth-order valence-electron chi connectivity index (χ4n) is 2.72. The molecule has 0 unspecified atom stereocenters. The van der Waals surface area contributed by atoms with E-state index >= 15 is 0 Å². The maximum Gasteiger partial charge on any atom is 0.348 e. The van der Waals surface area contributed by atoms with E-state index < -0.39 is 11.9 Å². The highest BCUT2D eigenvalue weighted by Crippen LogP contribution is 2.21. The number of hydrogen-bond donors (Lipinski definition) is 0. The highest BCUT2D eigenvalue weighted by atomic mass is 16.5. The predicted molar refractivity (Wildman–Crippen MR) is 95.5 cm³/mol. The molecule has 1 aliphatic rings. The summed E-state index contributed by atoms with van der Waals surface area (Å²) in [6.07, 6.45) is 10.6. The average Bonchev–Trinajstić information content (AvgIpc) is 2.66. The third kappa shape index (κ3) is 8.48. The Kier molecular flexibility index (Phi) is 10.5. The van der Waals surface area contributed by atoms with Crippen molar-refractivity contribution in [1.29, 1.82) is 10.5 Å². The largest absolute Gasteiger partial charge is 0.462 e. The summed E-state index contributed by atoms with van der Waals surface area (Å²) in [5.41, 5.74) is -0.112. The molecule has 0 radical (unpaired) electrons. The second-order valence-corrected chi connectivity index (χ2v) is 6.32. The molecule has 0 aliphatic heterocycles. The lowest BCUT2D eigenvalue weighted by Gasteiger charge is -2.21. The number of nitriles is 2. The smallest absolute Gasteiger partial charge is 0.348 e. The Labute approximate surface area is 155 Å². The number of allylic oxidation sites excluding steroid dienone is 1. The van der Waals surface area contributed by atoms with Crippen LogP contribution >= 0.6 is 0 Å². The average molecular weight is 358 g/mol. The van der Waals surface area contributed by atoms with Crippen molar-refractivity contribution in [2.45, 2.75) is 70.3 Å². The fourth-order valence-corrected chi connectivity index (χ4v) is 2.72. The van der Waals surface area contributed by atoms with Crippen molar-refractivity contribution in [2.75, 3.05) is 6.61 Å². The molecule has 0 aromatic carbocycles. The highest BCUT2D eigenvalue weighted by Gasteiger charge is 2.19. The van der Waals surface area contributed by atoms with Crippen LogP contribution in [0.15, 0.2) is 23.8 Å². The third-order valence-electron chi connectivity index (χ3n) is 4.23. The lowest BCUT2D eigenvalue weighted by atomic mass is 9.98. The van der Waals surface area contributed by atoms with E-state index in [2.05, 4.69) is 6.58 Å². The molecule has 0 aromatic heterocycles. The number of carbonyl (C=O) groups excluding carboxylic acids is 2. The first-order valence-electron chi connectivity index (χ1n) is 9.16. The molecule has 0 saturated heterocycles. The topological polar surface area (TPSA) is 100 Å². The lowest BCUT2D eigenvalue weighted by molar-refractivity contribution is -0.145. The Morgan fingerprint density at radius 3 is 2.35 bits per heavy atom. The Morgan fingerprint density at radius 2 is 1.69 bits per heavy atom. The van der Waals surface area contributed by atoms with Crippen LogP contribution in [0.1, 0.15) is 64.2 Å². The van der Waals surface area contributed by atoms with Gasteiger partial charge < -0.3 is 9.47 Å². The van der Waals surface area contributed by atoms with Crippen LogP contribution in [0.5, 0.6) is 0 Å². The zero-order chi connectivity index (χ0) is 19.2. The molecule has 1 aliphatic carbocycles. The van der Waals surface area contributed by atoms with Crippen molar-refractivity contribution in [3.63, 3.8) is 0 Å². The molecular weight excluding hydrogens is 332 g/mol. The van der Waals surface area contributed by atoms with E-state index in [0.717, 1.165) is 44.9 Å². The molecule has 0 heterocycles. The molecule has 6 nitrogen and oxygen atoms in total. The van der Waals surface area contributed by atoms with E-state index in [-0.39, 0.29) is 23.9 Å². The summed E-state index contributed by atoms with van der Waals surface area (Å²) in [7, 11) is 0. The monoisotopic (exact) mass is 358 g/mol. The molecule has 26 heavy (non-hydrogen) atoms. The Morgan fingerprint density at radius 1 is 1.00 bits per heavy atom. The number of rotatable bonds is 10. The van der Waals surface area contributed by atoms with Crippen molar-refractivity contribution in [3.05, 3.63) is 23.8 Å². The quantitative estimate of drug-likeness (QED) is 0.254. The molecule has 140 valence electrons. The Hall–Kier alpha value is -2.60. The highest BCUT2D eigenvalue weighted by molar-refractivity contribution is 5.92. The van der Waals surface area contributed by atoms with Gasteiger partial charge in [0, 0.05) is 0 Å². The summed E-state index contributed by atoms with van der Waals surface area (Å²) in [4.78, 5) is 23.2.